The molecule has 0 unspecified atom stereocenters. The normalized spacial score (nSPS) is 20.2. The predicted molar refractivity (Wildman–Crippen MR) is 129 cm³/mol. The lowest BCUT2D eigenvalue weighted by molar-refractivity contribution is -0.113. The summed E-state index contributed by atoms with van der Waals surface area (Å²) in [4.78, 5) is 17.2. The molecule has 0 bridgehead atoms. The average Bonchev–Trinajstić information content (AvgIpc) is 2.86. The number of fused-ring (bicyclic) bond motifs is 2. The van der Waals surface area contributed by atoms with Gasteiger partial charge in [0.2, 0.25) is 5.91 Å². The molecule has 1 amide bonds. The largest absolute Gasteiger partial charge is 0.495 e. The van der Waals surface area contributed by atoms with Crippen LogP contribution in [0, 0.1) is 0 Å². The first kappa shape index (κ1) is 22.0. The van der Waals surface area contributed by atoms with Gasteiger partial charge in [-0.05, 0) is 48.7 Å². The van der Waals surface area contributed by atoms with E-state index in [1.807, 2.05) is 24.3 Å². The van der Waals surface area contributed by atoms with E-state index in [1.54, 1.807) is 25.1 Å². The van der Waals surface area contributed by atoms with E-state index in [-0.39, 0.29) is 12.0 Å². The number of thioether (sulfide) groups is 1. The number of benzene rings is 2. The number of pyridine rings is 1. The molecule has 2 aliphatic rings. The van der Waals surface area contributed by atoms with E-state index in [0.29, 0.717) is 30.8 Å². The van der Waals surface area contributed by atoms with Crippen LogP contribution in [0.25, 0.3) is 10.9 Å². The number of rotatable bonds is 7. The zero-order chi connectivity index (χ0) is 22.6. The third-order valence-corrected chi connectivity index (χ3v) is 7.04. The Bertz CT molecular complexity index is 1150. The number of carbonyl (C=O) groups is 1. The Labute approximate surface area is 197 Å². The topological polar surface area (TPSA) is 81.7 Å². The molecule has 0 aliphatic carbocycles. The number of nitrogens with zero attached hydrogens (tertiary/aromatic N) is 1. The molecule has 7 nitrogen and oxygen atoms in total. The maximum Gasteiger partial charge on any atom is 0.234 e. The van der Waals surface area contributed by atoms with Gasteiger partial charge in [-0.25, -0.2) is 0 Å². The van der Waals surface area contributed by atoms with Crippen LogP contribution in [-0.4, -0.2) is 49.1 Å². The molecule has 3 heterocycles. The van der Waals surface area contributed by atoms with Gasteiger partial charge in [-0.15, -0.1) is 11.8 Å². The van der Waals surface area contributed by atoms with Crippen LogP contribution in [0.15, 0.2) is 53.6 Å². The van der Waals surface area contributed by atoms with Gasteiger partial charge < -0.3 is 24.8 Å². The van der Waals surface area contributed by atoms with E-state index >= 15 is 0 Å². The summed E-state index contributed by atoms with van der Waals surface area (Å²) < 4.78 is 17.5. The van der Waals surface area contributed by atoms with Gasteiger partial charge in [0, 0.05) is 22.9 Å². The van der Waals surface area contributed by atoms with E-state index in [2.05, 4.69) is 33.8 Å². The highest BCUT2D eigenvalue weighted by Crippen LogP contribution is 2.32. The van der Waals surface area contributed by atoms with Crippen molar-refractivity contribution in [2.45, 2.75) is 36.4 Å². The molecule has 0 radical (unpaired) electrons. The molecule has 33 heavy (non-hydrogen) atoms. The number of ether oxygens (including phenoxy) is 3. The molecule has 1 saturated heterocycles. The van der Waals surface area contributed by atoms with Crippen molar-refractivity contribution in [2.24, 2.45) is 0 Å². The summed E-state index contributed by atoms with van der Waals surface area (Å²) in [7, 11) is 1.63. The minimum Gasteiger partial charge on any atom is -0.495 e. The summed E-state index contributed by atoms with van der Waals surface area (Å²) in [5.74, 6) is 2.05. The van der Waals surface area contributed by atoms with Crippen LogP contribution < -0.4 is 20.1 Å². The second-order valence-corrected chi connectivity index (χ2v) is 9.30. The van der Waals surface area contributed by atoms with Crippen LogP contribution in [0.4, 0.5) is 5.69 Å². The molecule has 0 spiro atoms. The van der Waals surface area contributed by atoms with Crippen LogP contribution in [0.3, 0.4) is 0 Å². The van der Waals surface area contributed by atoms with Crippen molar-refractivity contribution >= 4 is 34.3 Å². The van der Waals surface area contributed by atoms with Gasteiger partial charge in [-0.2, -0.15) is 0 Å². The van der Waals surface area contributed by atoms with E-state index in [0.717, 1.165) is 52.2 Å². The predicted octanol–water partition coefficient (Wildman–Crippen LogP) is 4.00. The average molecular weight is 466 g/mol. The number of aromatic nitrogens is 1. The summed E-state index contributed by atoms with van der Waals surface area (Å²) in [5, 5.41) is 7.47. The Morgan fingerprint density at radius 3 is 3.03 bits per heavy atom. The number of anilines is 1. The number of methoxy groups -OCH3 is 1. The van der Waals surface area contributed by atoms with Gasteiger partial charge in [-0.1, -0.05) is 12.1 Å². The summed E-state index contributed by atoms with van der Waals surface area (Å²) in [6.45, 7) is 1.90. The van der Waals surface area contributed by atoms with E-state index in [9.17, 15) is 4.79 Å². The lowest BCUT2D eigenvalue weighted by Crippen LogP contribution is -2.41. The van der Waals surface area contributed by atoms with Gasteiger partial charge in [0.1, 0.15) is 18.1 Å². The molecule has 1 fully saturated rings. The number of nitrogens with one attached hydrogen (secondary N) is 2. The van der Waals surface area contributed by atoms with Crippen LogP contribution in [0.2, 0.25) is 0 Å². The van der Waals surface area contributed by atoms with Crippen molar-refractivity contribution < 1.29 is 19.0 Å². The Balaban J connectivity index is 1.11. The van der Waals surface area contributed by atoms with E-state index in [4.69, 9.17) is 14.2 Å². The van der Waals surface area contributed by atoms with Crippen LogP contribution >= 0.6 is 11.8 Å². The third-order valence-electron chi connectivity index (χ3n) is 5.96. The molecule has 2 aliphatic heterocycles. The molecule has 3 aromatic rings. The highest BCUT2D eigenvalue weighted by molar-refractivity contribution is 8.00. The standard InChI is InChI=1S/C25H27N3O4S/c1-30-19-10-20-21(27-12-19)3-2-4-23(20)32-14-18-7-6-17(13-31-18)26-11-16-5-8-24-22(9-16)28-25(29)15-33-24/h2-5,8-10,12,17-18,26H,6-7,11,13-15H2,1H3,(H,28,29)/t17-,18+/m1/s1. The maximum atomic E-state index is 11.6. The number of carbonyl (C=O) groups excluding carboxylic acids is 1. The first-order valence-corrected chi connectivity index (χ1v) is 12.1. The molecule has 172 valence electrons. The molecular weight excluding hydrogens is 438 g/mol. The monoisotopic (exact) mass is 465 g/mol. The fraction of sp³-hybridized carbons (Fsp3) is 0.360. The Hall–Kier alpha value is -2.81. The fourth-order valence-corrected chi connectivity index (χ4v) is 4.91. The minimum absolute atomic E-state index is 0.0606. The lowest BCUT2D eigenvalue weighted by atomic mass is 10.0. The zero-order valence-corrected chi connectivity index (χ0v) is 19.3. The van der Waals surface area contributed by atoms with Crippen molar-refractivity contribution in [3.63, 3.8) is 0 Å². The quantitative estimate of drug-likeness (QED) is 0.546. The number of amides is 1. The molecule has 2 aromatic carbocycles. The lowest BCUT2D eigenvalue weighted by Gasteiger charge is -2.30. The molecule has 8 heteroatoms. The summed E-state index contributed by atoms with van der Waals surface area (Å²) in [5.41, 5.74) is 2.94. The maximum absolute atomic E-state index is 11.6. The van der Waals surface area contributed by atoms with Gasteiger partial charge in [0.05, 0.1) is 43.0 Å². The van der Waals surface area contributed by atoms with Crippen LogP contribution in [0.1, 0.15) is 18.4 Å². The second-order valence-electron chi connectivity index (χ2n) is 8.29. The highest BCUT2D eigenvalue weighted by atomic mass is 32.2. The molecule has 2 atom stereocenters. The number of hydrogen-bond donors (Lipinski definition) is 2. The van der Waals surface area contributed by atoms with Crippen LogP contribution in [-0.2, 0) is 16.1 Å². The molecule has 2 N–H and O–H groups in total. The highest BCUT2D eigenvalue weighted by Gasteiger charge is 2.22. The third kappa shape index (κ3) is 5.24. The molecule has 0 saturated carbocycles. The minimum atomic E-state index is 0.0606. The SMILES string of the molecule is COc1cnc2cccc(OC[C@@H]3CC[C@@H](NCc4ccc5c(c4)NC(=O)CS5)CO3)c2c1. The smallest absolute Gasteiger partial charge is 0.234 e. The first-order valence-electron chi connectivity index (χ1n) is 11.1. The van der Waals surface area contributed by atoms with Crippen molar-refractivity contribution in [2.75, 3.05) is 31.4 Å². The van der Waals surface area contributed by atoms with E-state index in [1.165, 1.54) is 0 Å². The molecule has 1 aromatic heterocycles. The Morgan fingerprint density at radius 1 is 1.24 bits per heavy atom. The summed E-state index contributed by atoms with van der Waals surface area (Å²) in [6, 6.07) is 14.4. The van der Waals surface area contributed by atoms with Crippen molar-refractivity contribution in [3.05, 3.63) is 54.2 Å². The Morgan fingerprint density at radius 2 is 2.18 bits per heavy atom. The van der Waals surface area contributed by atoms with E-state index < -0.39 is 0 Å². The first-order chi connectivity index (χ1) is 16.2. The molecular formula is C25H27N3O4S. The Kier molecular flexibility index (Phi) is 6.66. The van der Waals surface area contributed by atoms with Crippen molar-refractivity contribution in [1.29, 1.82) is 0 Å². The zero-order valence-electron chi connectivity index (χ0n) is 18.5. The van der Waals surface area contributed by atoms with Gasteiger partial charge in [0.25, 0.3) is 0 Å². The molecule has 5 rings (SSSR count). The summed E-state index contributed by atoms with van der Waals surface area (Å²) >= 11 is 1.58. The summed E-state index contributed by atoms with van der Waals surface area (Å²) in [6.07, 6.45) is 3.73. The fourth-order valence-electron chi connectivity index (χ4n) is 4.12. The van der Waals surface area contributed by atoms with Crippen molar-refractivity contribution in [1.82, 2.24) is 10.3 Å². The van der Waals surface area contributed by atoms with Gasteiger partial charge in [-0.3, -0.25) is 9.78 Å². The van der Waals surface area contributed by atoms with Crippen molar-refractivity contribution in [3.8, 4) is 11.5 Å². The van der Waals surface area contributed by atoms with Gasteiger partial charge >= 0.3 is 0 Å². The number of hydrogen-bond acceptors (Lipinski definition) is 7. The second kappa shape index (κ2) is 9.99. The van der Waals surface area contributed by atoms with Crippen LogP contribution in [0.5, 0.6) is 11.5 Å². The van der Waals surface area contributed by atoms with Gasteiger partial charge in [0.15, 0.2) is 0 Å².